The van der Waals surface area contributed by atoms with Crippen molar-refractivity contribution in [3.63, 3.8) is 0 Å². The molecule has 1 heteroatoms. The molecule has 0 aliphatic carbocycles. The molecule has 0 unspecified atom stereocenters. The van der Waals surface area contributed by atoms with Crippen molar-refractivity contribution in [1.29, 1.82) is 0 Å². The lowest BCUT2D eigenvalue weighted by atomic mass is 9.94. The first-order valence-electron chi connectivity index (χ1n) is 6.78. The van der Waals surface area contributed by atoms with Gasteiger partial charge in [-0.05, 0) is 42.5 Å². The van der Waals surface area contributed by atoms with Gasteiger partial charge in [-0.15, -0.1) is 0 Å². The predicted octanol–water partition coefficient (Wildman–Crippen LogP) is 3.70. The fourth-order valence-corrected chi connectivity index (χ4v) is 2.80. The molecule has 0 spiro atoms. The van der Waals surface area contributed by atoms with Crippen molar-refractivity contribution in [2.75, 3.05) is 6.54 Å². The Morgan fingerprint density at radius 2 is 1.72 bits per heavy atom. The van der Waals surface area contributed by atoms with Gasteiger partial charge in [-0.2, -0.15) is 0 Å². The number of rotatable bonds is 3. The van der Waals surface area contributed by atoms with Crippen molar-refractivity contribution in [3.8, 4) is 0 Å². The SMILES string of the molecule is c1ccc(Cc2ccccc2[C@H]2CCCN2)cc1. The van der Waals surface area contributed by atoms with Crippen molar-refractivity contribution < 1.29 is 0 Å². The van der Waals surface area contributed by atoms with Crippen LogP contribution in [0.1, 0.15) is 35.6 Å². The third-order valence-electron chi connectivity index (χ3n) is 3.73. The Balaban J connectivity index is 1.87. The highest BCUT2D eigenvalue weighted by atomic mass is 14.9. The average Bonchev–Trinajstić information content (AvgIpc) is 2.94. The van der Waals surface area contributed by atoms with Crippen LogP contribution in [0.4, 0.5) is 0 Å². The second-order valence-electron chi connectivity index (χ2n) is 5.01. The quantitative estimate of drug-likeness (QED) is 0.858. The molecule has 2 aromatic carbocycles. The molecule has 2 aromatic rings. The zero-order valence-electron chi connectivity index (χ0n) is 10.6. The number of hydrogen-bond donors (Lipinski definition) is 1. The van der Waals surface area contributed by atoms with E-state index in [1.54, 1.807) is 0 Å². The van der Waals surface area contributed by atoms with Crippen molar-refractivity contribution in [2.45, 2.75) is 25.3 Å². The maximum absolute atomic E-state index is 3.60. The van der Waals surface area contributed by atoms with Crippen molar-refractivity contribution in [1.82, 2.24) is 5.32 Å². The molecule has 0 amide bonds. The molecule has 1 N–H and O–H groups in total. The summed E-state index contributed by atoms with van der Waals surface area (Å²) in [6, 6.07) is 20.1. The van der Waals surface area contributed by atoms with E-state index in [2.05, 4.69) is 59.9 Å². The van der Waals surface area contributed by atoms with Crippen molar-refractivity contribution >= 4 is 0 Å². The summed E-state index contributed by atoms with van der Waals surface area (Å²) in [5.74, 6) is 0. The third-order valence-corrected chi connectivity index (χ3v) is 3.73. The molecule has 0 saturated carbocycles. The van der Waals surface area contributed by atoms with Crippen LogP contribution in [0, 0.1) is 0 Å². The summed E-state index contributed by atoms with van der Waals surface area (Å²) in [5, 5.41) is 3.60. The highest BCUT2D eigenvalue weighted by Crippen LogP contribution is 2.27. The van der Waals surface area contributed by atoms with E-state index in [9.17, 15) is 0 Å². The average molecular weight is 237 g/mol. The van der Waals surface area contributed by atoms with Crippen LogP contribution < -0.4 is 5.32 Å². The summed E-state index contributed by atoms with van der Waals surface area (Å²) in [6.45, 7) is 1.16. The first-order valence-corrected chi connectivity index (χ1v) is 6.78. The maximum atomic E-state index is 3.60. The molecule has 1 nitrogen and oxygen atoms in total. The highest BCUT2D eigenvalue weighted by molar-refractivity contribution is 5.35. The van der Waals surface area contributed by atoms with Crippen LogP contribution in [-0.4, -0.2) is 6.54 Å². The molecule has 1 saturated heterocycles. The molecule has 18 heavy (non-hydrogen) atoms. The Bertz CT molecular complexity index is 498. The van der Waals surface area contributed by atoms with Gasteiger partial charge in [0.2, 0.25) is 0 Å². The first-order chi connectivity index (χ1) is 8.93. The fraction of sp³-hybridized carbons (Fsp3) is 0.294. The molecule has 1 heterocycles. The lowest BCUT2D eigenvalue weighted by molar-refractivity contribution is 0.642. The van der Waals surface area contributed by atoms with Gasteiger partial charge < -0.3 is 5.32 Å². The summed E-state index contributed by atoms with van der Waals surface area (Å²) in [6.07, 6.45) is 3.60. The molecular formula is C17H19N. The highest BCUT2D eigenvalue weighted by Gasteiger charge is 2.18. The van der Waals surface area contributed by atoms with Crippen LogP contribution in [0.2, 0.25) is 0 Å². The third kappa shape index (κ3) is 2.46. The standard InChI is InChI=1S/C17H19N/c1-2-7-14(8-3-1)13-15-9-4-5-10-16(15)17-11-6-12-18-17/h1-5,7-10,17-18H,6,11-13H2/t17-/m1/s1. The van der Waals surface area contributed by atoms with Gasteiger partial charge in [-0.1, -0.05) is 54.6 Å². The summed E-state index contributed by atoms with van der Waals surface area (Å²) >= 11 is 0. The van der Waals surface area contributed by atoms with Crippen LogP contribution in [0.25, 0.3) is 0 Å². The molecular weight excluding hydrogens is 218 g/mol. The Kier molecular flexibility index (Phi) is 3.42. The largest absolute Gasteiger partial charge is 0.310 e. The summed E-state index contributed by atoms with van der Waals surface area (Å²) < 4.78 is 0. The minimum Gasteiger partial charge on any atom is -0.310 e. The second kappa shape index (κ2) is 5.36. The second-order valence-corrected chi connectivity index (χ2v) is 5.01. The Labute approximate surface area is 109 Å². The molecule has 1 fully saturated rings. The van der Waals surface area contributed by atoms with Crippen LogP contribution in [0.3, 0.4) is 0 Å². The molecule has 1 atom stereocenters. The fourth-order valence-electron chi connectivity index (χ4n) is 2.80. The molecule has 0 radical (unpaired) electrons. The van der Waals surface area contributed by atoms with Gasteiger partial charge >= 0.3 is 0 Å². The molecule has 3 rings (SSSR count). The number of nitrogens with one attached hydrogen (secondary N) is 1. The van der Waals surface area contributed by atoms with E-state index < -0.39 is 0 Å². The number of hydrogen-bond acceptors (Lipinski definition) is 1. The lowest BCUT2D eigenvalue weighted by Gasteiger charge is -2.16. The van der Waals surface area contributed by atoms with Gasteiger partial charge in [0, 0.05) is 6.04 Å². The van der Waals surface area contributed by atoms with Gasteiger partial charge in [0.25, 0.3) is 0 Å². The van der Waals surface area contributed by atoms with Gasteiger partial charge in [0.15, 0.2) is 0 Å². The molecule has 92 valence electrons. The van der Waals surface area contributed by atoms with Crippen molar-refractivity contribution in [2.24, 2.45) is 0 Å². The minimum absolute atomic E-state index is 0.560. The zero-order valence-corrected chi connectivity index (χ0v) is 10.6. The van der Waals surface area contributed by atoms with Gasteiger partial charge in [0.1, 0.15) is 0 Å². The monoisotopic (exact) mass is 237 g/mol. The normalized spacial score (nSPS) is 19.0. The van der Waals surface area contributed by atoms with E-state index in [1.165, 1.54) is 29.5 Å². The van der Waals surface area contributed by atoms with E-state index in [0.29, 0.717) is 6.04 Å². The topological polar surface area (TPSA) is 12.0 Å². The summed E-state index contributed by atoms with van der Waals surface area (Å²) in [4.78, 5) is 0. The minimum atomic E-state index is 0.560. The first kappa shape index (κ1) is 11.5. The van der Waals surface area contributed by atoms with Crippen LogP contribution in [-0.2, 0) is 6.42 Å². The lowest BCUT2D eigenvalue weighted by Crippen LogP contribution is -2.14. The maximum Gasteiger partial charge on any atom is 0.0323 e. The molecule has 0 aromatic heterocycles. The van der Waals surface area contributed by atoms with Crippen molar-refractivity contribution in [3.05, 3.63) is 71.3 Å². The van der Waals surface area contributed by atoms with E-state index in [-0.39, 0.29) is 0 Å². The van der Waals surface area contributed by atoms with Crippen LogP contribution in [0.5, 0.6) is 0 Å². The van der Waals surface area contributed by atoms with E-state index in [0.717, 1.165) is 13.0 Å². The Hall–Kier alpha value is -1.60. The van der Waals surface area contributed by atoms with Gasteiger partial charge in [-0.3, -0.25) is 0 Å². The van der Waals surface area contributed by atoms with E-state index >= 15 is 0 Å². The Morgan fingerprint density at radius 3 is 2.50 bits per heavy atom. The molecule has 1 aliphatic heterocycles. The molecule has 0 bridgehead atoms. The summed E-state index contributed by atoms with van der Waals surface area (Å²) in [7, 11) is 0. The smallest absolute Gasteiger partial charge is 0.0323 e. The van der Waals surface area contributed by atoms with E-state index in [4.69, 9.17) is 0 Å². The summed E-state index contributed by atoms with van der Waals surface area (Å²) in [5.41, 5.74) is 4.34. The van der Waals surface area contributed by atoms with E-state index in [1.807, 2.05) is 0 Å². The van der Waals surface area contributed by atoms with Gasteiger partial charge in [-0.25, -0.2) is 0 Å². The van der Waals surface area contributed by atoms with Crippen LogP contribution >= 0.6 is 0 Å². The predicted molar refractivity (Wildman–Crippen MR) is 75.7 cm³/mol. The van der Waals surface area contributed by atoms with Crippen LogP contribution in [0.15, 0.2) is 54.6 Å². The van der Waals surface area contributed by atoms with Gasteiger partial charge in [0.05, 0.1) is 0 Å². The number of benzene rings is 2. The Morgan fingerprint density at radius 1 is 0.944 bits per heavy atom. The molecule has 1 aliphatic rings. The zero-order chi connectivity index (χ0) is 12.2.